The van der Waals surface area contributed by atoms with Crippen LogP contribution in [0.2, 0.25) is 10.0 Å². The zero-order valence-corrected chi connectivity index (χ0v) is 15.9. The Labute approximate surface area is 160 Å². The van der Waals surface area contributed by atoms with E-state index in [4.69, 9.17) is 23.2 Å². The smallest absolute Gasteiger partial charge is 0.257 e. The second-order valence-corrected chi connectivity index (χ2v) is 7.51. The number of amides is 1. The van der Waals surface area contributed by atoms with Gasteiger partial charge in [0.1, 0.15) is 0 Å². The molecule has 0 fully saturated rings. The first-order valence-corrected chi connectivity index (χ1v) is 9.41. The van der Waals surface area contributed by atoms with Crippen LogP contribution < -0.4 is 5.32 Å². The van der Waals surface area contributed by atoms with Crippen molar-refractivity contribution in [3.63, 3.8) is 0 Å². The van der Waals surface area contributed by atoms with E-state index in [1.165, 1.54) is 16.9 Å². The number of hydrogen-bond donors (Lipinski definition) is 1. The molecule has 0 unspecified atom stereocenters. The number of carbonyl (C=O) groups excluding carboxylic acids is 1. The number of halogens is 2. The van der Waals surface area contributed by atoms with Crippen LogP contribution in [0.4, 0.5) is 5.13 Å². The molecule has 0 aliphatic rings. The maximum Gasteiger partial charge on any atom is 0.257 e. The van der Waals surface area contributed by atoms with Crippen LogP contribution >= 0.6 is 34.5 Å². The number of thiazole rings is 1. The highest BCUT2D eigenvalue weighted by Gasteiger charge is 2.11. The van der Waals surface area contributed by atoms with E-state index in [9.17, 15) is 4.79 Å². The van der Waals surface area contributed by atoms with Crippen LogP contribution in [-0.4, -0.2) is 10.9 Å². The average molecular weight is 391 g/mol. The van der Waals surface area contributed by atoms with Crippen molar-refractivity contribution in [3.8, 4) is 0 Å². The fourth-order valence-corrected chi connectivity index (χ4v) is 3.58. The number of benzene rings is 2. The number of nitrogens with one attached hydrogen (secondary N) is 1. The third-order valence-electron chi connectivity index (χ3n) is 3.77. The highest BCUT2D eigenvalue weighted by molar-refractivity contribution is 7.15. The molecule has 0 radical (unpaired) electrons. The van der Waals surface area contributed by atoms with Gasteiger partial charge in [-0.15, -0.1) is 11.3 Å². The first-order chi connectivity index (χ1) is 12.0. The van der Waals surface area contributed by atoms with Crippen molar-refractivity contribution in [1.29, 1.82) is 0 Å². The van der Waals surface area contributed by atoms with Gasteiger partial charge in [0.25, 0.3) is 5.91 Å². The van der Waals surface area contributed by atoms with Gasteiger partial charge in [-0.1, -0.05) is 42.3 Å². The van der Waals surface area contributed by atoms with Gasteiger partial charge in [-0.25, -0.2) is 4.98 Å². The molecular weight excluding hydrogens is 375 g/mol. The molecule has 1 N–H and O–H groups in total. The van der Waals surface area contributed by atoms with E-state index in [1.807, 2.05) is 30.3 Å². The molecule has 2 aromatic carbocycles. The Kier molecular flexibility index (Phi) is 5.74. The number of aryl methyl sites for hydroxylation is 1. The molecule has 0 atom stereocenters. The fourth-order valence-electron chi connectivity index (χ4n) is 2.37. The second-order valence-electron chi connectivity index (χ2n) is 5.55. The summed E-state index contributed by atoms with van der Waals surface area (Å²) < 4.78 is 0. The van der Waals surface area contributed by atoms with Crippen molar-refractivity contribution in [1.82, 2.24) is 4.98 Å². The molecule has 128 valence electrons. The average Bonchev–Trinajstić information content (AvgIpc) is 3.05. The summed E-state index contributed by atoms with van der Waals surface area (Å²) in [6.45, 7) is 2.08. The standard InChI is InChI=1S/C19H16Cl2N2OS/c1-2-12-3-5-13(6-4-12)18(24)23-19-22-11-16(25-19)10-14-9-15(20)7-8-17(14)21/h3-9,11H,2,10H2,1H3,(H,22,23,24). The molecule has 0 saturated heterocycles. The number of anilines is 1. The Morgan fingerprint density at radius 2 is 1.92 bits per heavy atom. The molecule has 3 aromatic rings. The van der Waals surface area contributed by atoms with E-state index in [0.717, 1.165) is 16.9 Å². The lowest BCUT2D eigenvalue weighted by molar-refractivity contribution is 0.102. The minimum atomic E-state index is -0.163. The minimum absolute atomic E-state index is 0.163. The summed E-state index contributed by atoms with van der Waals surface area (Å²) in [5.41, 5.74) is 2.75. The second kappa shape index (κ2) is 8.00. The number of hydrogen-bond acceptors (Lipinski definition) is 3. The zero-order valence-electron chi connectivity index (χ0n) is 13.6. The quantitative estimate of drug-likeness (QED) is 0.592. The van der Waals surface area contributed by atoms with E-state index < -0.39 is 0 Å². The van der Waals surface area contributed by atoms with Gasteiger partial charge in [-0.2, -0.15) is 0 Å². The Balaban J connectivity index is 1.68. The van der Waals surface area contributed by atoms with E-state index in [-0.39, 0.29) is 5.91 Å². The van der Waals surface area contributed by atoms with E-state index in [0.29, 0.717) is 27.2 Å². The summed E-state index contributed by atoms with van der Waals surface area (Å²) in [6.07, 6.45) is 3.32. The molecule has 0 bridgehead atoms. The Morgan fingerprint density at radius 1 is 1.16 bits per heavy atom. The summed E-state index contributed by atoms with van der Waals surface area (Å²) in [5.74, 6) is -0.163. The third kappa shape index (κ3) is 4.60. The molecule has 25 heavy (non-hydrogen) atoms. The van der Waals surface area contributed by atoms with Crippen LogP contribution in [0.5, 0.6) is 0 Å². The summed E-state index contributed by atoms with van der Waals surface area (Å²) in [5, 5.41) is 4.72. The van der Waals surface area contributed by atoms with Gasteiger partial charge in [-0.3, -0.25) is 10.1 Å². The normalized spacial score (nSPS) is 10.7. The minimum Gasteiger partial charge on any atom is -0.298 e. The molecule has 3 nitrogen and oxygen atoms in total. The molecule has 0 saturated carbocycles. The van der Waals surface area contributed by atoms with Gasteiger partial charge in [-0.05, 0) is 47.9 Å². The van der Waals surface area contributed by atoms with E-state index in [2.05, 4.69) is 17.2 Å². The lowest BCUT2D eigenvalue weighted by Crippen LogP contribution is -2.11. The number of rotatable bonds is 5. The Bertz CT molecular complexity index is 891. The number of carbonyl (C=O) groups is 1. The SMILES string of the molecule is CCc1ccc(C(=O)Nc2ncc(Cc3cc(Cl)ccc3Cl)s2)cc1. The predicted molar refractivity (Wildman–Crippen MR) is 105 cm³/mol. The van der Waals surface area contributed by atoms with E-state index >= 15 is 0 Å². The van der Waals surface area contributed by atoms with Crippen molar-refractivity contribution in [2.45, 2.75) is 19.8 Å². The highest BCUT2D eigenvalue weighted by atomic mass is 35.5. The first kappa shape index (κ1) is 17.9. The molecular formula is C19H16Cl2N2OS. The Morgan fingerprint density at radius 3 is 2.64 bits per heavy atom. The summed E-state index contributed by atoms with van der Waals surface area (Å²) in [4.78, 5) is 17.6. The molecule has 0 aliphatic heterocycles. The van der Waals surface area contributed by atoms with Gasteiger partial charge in [0.15, 0.2) is 5.13 Å². The molecule has 0 aliphatic carbocycles. The molecule has 3 rings (SSSR count). The molecule has 0 spiro atoms. The summed E-state index contributed by atoms with van der Waals surface area (Å²) in [6, 6.07) is 13.0. The van der Waals surface area contributed by atoms with E-state index in [1.54, 1.807) is 18.3 Å². The molecule has 6 heteroatoms. The maximum atomic E-state index is 12.3. The zero-order chi connectivity index (χ0) is 17.8. The van der Waals surface area contributed by atoms with Gasteiger partial charge in [0.2, 0.25) is 0 Å². The van der Waals surface area contributed by atoms with Gasteiger partial charge in [0, 0.05) is 33.1 Å². The predicted octanol–water partition coefficient (Wildman–Crippen LogP) is 5.86. The van der Waals surface area contributed by atoms with Crippen molar-refractivity contribution < 1.29 is 4.79 Å². The van der Waals surface area contributed by atoms with Crippen molar-refractivity contribution in [2.75, 3.05) is 5.32 Å². The monoisotopic (exact) mass is 390 g/mol. The van der Waals surface area contributed by atoms with Crippen LogP contribution in [0.3, 0.4) is 0 Å². The molecule has 1 heterocycles. The third-order valence-corrected chi connectivity index (χ3v) is 5.29. The maximum absolute atomic E-state index is 12.3. The van der Waals surface area contributed by atoms with Crippen LogP contribution in [0.25, 0.3) is 0 Å². The van der Waals surface area contributed by atoms with Crippen LogP contribution in [-0.2, 0) is 12.8 Å². The van der Waals surface area contributed by atoms with Crippen molar-refractivity contribution in [3.05, 3.63) is 80.3 Å². The fraction of sp³-hybridized carbons (Fsp3) is 0.158. The van der Waals surface area contributed by atoms with Crippen molar-refractivity contribution >= 4 is 45.6 Å². The molecule has 1 amide bonds. The molecule has 1 aromatic heterocycles. The highest BCUT2D eigenvalue weighted by Crippen LogP contribution is 2.27. The first-order valence-electron chi connectivity index (χ1n) is 7.84. The number of aromatic nitrogens is 1. The summed E-state index contributed by atoms with van der Waals surface area (Å²) >= 11 is 13.6. The number of nitrogens with zero attached hydrogens (tertiary/aromatic N) is 1. The van der Waals surface area contributed by atoms with Crippen LogP contribution in [0.15, 0.2) is 48.7 Å². The topological polar surface area (TPSA) is 42.0 Å². The van der Waals surface area contributed by atoms with Gasteiger partial charge in [0.05, 0.1) is 0 Å². The Hall–Kier alpha value is -1.88. The van der Waals surface area contributed by atoms with Gasteiger partial charge < -0.3 is 0 Å². The lowest BCUT2D eigenvalue weighted by Gasteiger charge is -2.03. The van der Waals surface area contributed by atoms with Crippen molar-refractivity contribution in [2.24, 2.45) is 0 Å². The summed E-state index contributed by atoms with van der Waals surface area (Å²) in [7, 11) is 0. The van der Waals surface area contributed by atoms with Crippen LogP contribution in [0, 0.1) is 0 Å². The van der Waals surface area contributed by atoms with Gasteiger partial charge >= 0.3 is 0 Å². The lowest BCUT2D eigenvalue weighted by atomic mass is 10.1. The largest absolute Gasteiger partial charge is 0.298 e. The van der Waals surface area contributed by atoms with Crippen LogP contribution in [0.1, 0.15) is 33.3 Å².